The topological polar surface area (TPSA) is 363 Å². The van der Waals surface area contributed by atoms with Crippen LogP contribution < -0.4 is 22.9 Å². The van der Waals surface area contributed by atoms with Crippen LogP contribution in [0.1, 0.15) is 75.8 Å². The number of nitrogens with two attached hydrogens (primary N) is 4. The van der Waals surface area contributed by atoms with E-state index in [1.54, 1.807) is 66.4 Å². The predicted octanol–water partition coefficient (Wildman–Crippen LogP) is 9.41. The van der Waals surface area contributed by atoms with Crippen LogP contribution in [0.3, 0.4) is 0 Å². The number of aryl methyl sites for hydroxylation is 5. The van der Waals surface area contributed by atoms with Gasteiger partial charge in [-0.1, -0.05) is 28.5 Å². The SMILES string of the molecule is C#C[CH2+].CC#Cc1cc(C#N)cnc1N.CI.Cc1cc2cc(C#N)cnc2[nH]1.Cc1cc2cc(C#N)cnc2n1C.Cc1cc2cc(CN)cnc2n1C.N#Cc1ccc(N)nc1.N#Cc1cnc(N)c(I)c1.O=C1CCC(=O)N1I. The van der Waals surface area contributed by atoms with Gasteiger partial charge in [-0.25, -0.2) is 33.0 Å². The van der Waals surface area contributed by atoms with Crippen LogP contribution in [0.4, 0.5) is 17.5 Å². The highest BCUT2D eigenvalue weighted by Gasteiger charge is 2.26. The van der Waals surface area contributed by atoms with Crippen molar-refractivity contribution >= 4 is 130 Å². The van der Waals surface area contributed by atoms with Gasteiger partial charge in [0.05, 0.1) is 66.7 Å². The number of carbonyl (C=O) groups is 2. The Hall–Kier alpha value is -9.35. The number of nitriles is 5. The van der Waals surface area contributed by atoms with Crippen LogP contribution in [0, 0.1) is 112 Å². The Kier molecular flexibility index (Phi) is 30.2. The third kappa shape index (κ3) is 21.7. The number of hydrogen-bond donors (Lipinski definition) is 5. The van der Waals surface area contributed by atoms with Gasteiger partial charge in [0.15, 0.2) is 0 Å². The first-order chi connectivity index (χ1) is 39.2. The van der Waals surface area contributed by atoms with E-state index in [1.807, 2.05) is 115 Å². The largest absolute Gasteiger partial charge is 0.384 e. The van der Waals surface area contributed by atoms with E-state index in [0.717, 1.165) is 51.3 Å². The minimum atomic E-state index is -0.0735. The maximum absolute atomic E-state index is 10.5. The summed E-state index contributed by atoms with van der Waals surface area (Å²) < 4.78 is 6.04. The molecule has 0 radical (unpaired) electrons. The molecule has 10 rings (SSSR count). The van der Waals surface area contributed by atoms with Crippen molar-refractivity contribution in [1.82, 2.24) is 47.1 Å². The normalized spacial score (nSPS) is 10.1. The molecule has 9 N–H and O–H groups in total. The van der Waals surface area contributed by atoms with Gasteiger partial charge in [-0.2, -0.15) is 26.3 Å². The molecule has 414 valence electrons. The molecule has 2 amide bonds. The molecule has 24 heteroatoms. The lowest BCUT2D eigenvalue weighted by Gasteiger charge is -1.98. The first kappa shape index (κ1) is 68.8. The summed E-state index contributed by atoms with van der Waals surface area (Å²) in [6.07, 6.45) is 14.6. The second kappa shape index (κ2) is 36.0. The van der Waals surface area contributed by atoms with Crippen LogP contribution in [-0.4, -0.2) is 63.9 Å². The Labute approximate surface area is 517 Å². The molecule has 1 aliphatic rings. The first-order valence-electron chi connectivity index (χ1n) is 23.6. The predicted molar refractivity (Wildman–Crippen MR) is 344 cm³/mol. The van der Waals surface area contributed by atoms with Gasteiger partial charge in [-0.15, -0.1) is 5.92 Å². The molecule has 0 unspecified atom stereocenters. The molecule has 0 bridgehead atoms. The fourth-order valence-corrected chi connectivity index (χ4v) is 7.39. The first-order valence-corrected chi connectivity index (χ1v) is 27.8. The van der Waals surface area contributed by atoms with Crippen LogP contribution in [0.25, 0.3) is 33.1 Å². The van der Waals surface area contributed by atoms with Gasteiger partial charge in [-0.05, 0) is 121 Å². The van der Waals surface area contributed by atoms with E-state index >= 15 is 0 Å². The average Bonchev–Trinajstić information content (AvgIpc) is 4.34. The molecule has 10 heterocycles. The minimum absolute atomic E-state index is 0.0735. The Morgan fingerprint density at radius 2 is 1.09 bits per heavy atom. The number of alkyl halides is 1. The standard InChI is InChI=1S/C10H13N3.C10H9N3.2C9H7N3.C6H4IN3.C6H5N3.C4H4INO2.C3H3.CH3I/c2*1-7-3-9-4-8(5-11)6-12-10(9)13(7)2;1-6-2-8-3-7(4-10)5-11-9(8)12-6;1-2-3-8-4-7(5-10)6-12-9(8)11;7-5-1-4(2-8)3-10-6(5)9;7-3-5-1-2-6(8)9-4-5;5-6-3(7)1-2-4(6)8;1-3-2;1-2/h3-4,6H,5,11H2,1-2H3;3-4,6H,1-2H3;2-3,5H,1H3,(H,11,12);4,6H,1H3,(H2,11,12);1,3H,(H2,9,10);1-2,4H,(H2,8,9);1-2H2;1H,2H2;1H3/q;;;;;;;+1;. The van der Waals surface area contributed by atoms with Gasteiger partial charge in [-0.3, -0.25) is 9.59 Å². The van der Waals surface area contributed by atoms with Crippen molar-refractivity contribution in [3.05, 3.63) is 164 Å². The van der Waals surface area contributed by atoms with Gasteiger partial charge in [0.1, 0.15) is 77.1 Å². The van der Waals surface area contributed by atoms with Crippen molar-refractivity contribution in [1.29, 1.82) is 26.3 Å². The number of amides is 2. The van der Waals surface area contributed by atoms with E-state index in [1.165, 1.54) is 29.7 Å². The van der Waals surface area contributed by atoms with Crippen LogP contribution in [0.5, 0.6) is 0 Å². The number of nitrogen functional groups attached to an aromatic ring is 3. The van der Waals surface area contributed by atoms with E-state index < -0.39 is 0 Å². The number of anilines is 3. The van der Waals surface area contributed by atoms with Crippen LogP contribution in [-0.2, 0) is 30.2 Å². The fourth-order valence-electron chi connectivity index (χ4n) is 6.43. The third-order valence-corrected chi connectivity index (χ3v) is 12.5. The van der Waals surface area contributed by atoms with Crippen LogP contribution >= 0.6 is 68.0 Å². The smallest absolute Gasteiger partial charge is 0.238 e. The highest BCUT2D eigenvalue weighted by Crippen LogP contribution is 2.19. The number of carbonyl (C=O) groups excluding carboxylic acids is 2. The average molecular weight is 1430 g/mol. The summed E-state index contributed by atoms with van der Waals surface area (Å²) in [6.45, 7) is 11.3. The molecule has 0 aliphatic carbocycles. The fraction of sp³-hybridized carbons (Fsp3) is 0.172. The summed E-state index contributed by atoms with van der Waals surface area (Å²) in [7, 11) is 3.99. The van der Waals surface area contributed by atoms with Crippen molar-refractivity contribution in [2.75, 3.05) is 22.1 Å². The number of aromatic nitrogens is 9. The second-order valence-electron chi connectivity index (χ2n) is 16.3. The summed E-state index contributed by atoms with van der Waals surface area (Å²) in [5, 5.41) is 45.7. The molecule has 0 atom stereocenters. The molecule has 1 fully saturated rings. The number of halogens is 3. The maximum Gasteiger partial charge on any atom is 0.238 e. The molecule has 0 aromatic carbocycles. The van der Waals surface area contributed by atoms with Gasteiger partial charge < -0.3 is 37.1 Å². The highest BCUT2D eigenvalue weighted by atomic mass is 127. The van der Waals surface area contributed by atoms with Crippen molar-refractivity contribution in [3.8, 4) is 54.5 Å². The van der Waals surface area contributed by atoms with E-state index in [2.05, 4.69) is 118 Å². The Balaban J connectivity index is 0.000000324. The summed E-state index contributed by atoms with van der Waals surface area (Å²) in [5.74, 6) is 8.59. The number of aromatic amines is 1. The van der Waals surface area contributed by atoms with Gasteiger partial charge in [0.25, 0.3) is 0 Å². The van der Waals surface area contributed by atoms with Crippen molar-refractivity contribution < 1.29 is 9.59 Å². The molecule has 0 spiro atoms. The number of pyridine rings is 6. The molecule has 0 saturated carbocycles. The Morgan fingerprint density at radius 3 is 1.55 bits per heavy atom. The van der Waals surface area contributed by atoms with E-state index in [9.17, 15) is 9.59 Å². The van der Waals surface area contributed by atoms with Gasteiger partial charge in [0.2, 0.25) is 11.8 Å². The van der Waals surface area contributed by atoms with E-state index in [-0.39, 0.29) is 11.8 Å². The minimum Gasteiger partial charge on any atom is -0.384 e. The van der Waals surface area contributed by atoms with Crippen LogP contribution in [0.15, 0.2) is 97.8 Å². The van der Waals surface area contributed by atoms with Gasteiger partial charge in [0, 0.05) is 104 Å². The number of rotatable bonds is 1. The second-order valence-corrected chi connectivity index (χ2v) is 18.5. The zero-order chi connectivity index (χ0) is 61.5. The van der Waals surface area contributed by atoms with Crippen molar-refractivity contribution in [2.45, 2.75) is 47.1 Å². The molecule has 1 saturated heterocycles. The molecular formula is C58H55I3N19O2+. The number of nitrogens with zero attached hydrogens (tertiary/aromatic N) is 14. The Bertz CT molecular complexity index is 3950. The highest BCUT2D eigenvalue weighted by molar-refractivity contribution is 14.1. The number of imide groups is 1. The van der Waals surface area contributed by atoms with Crippen molar-refractivity contribution in [2.24, 2.45) is 19.8 Å². The lowest BCUT2D eigenvalue weighted by Crippen LogP contribution is -2.16. The molecule has 9 aromatic heterocycles. The molecule has 1 aliphatic heterocycles. The zero-order valence-electron chi connectivity index (χ0n) is 45.7. The van der Waals surface area contributed by atoms with E-state index in [0.29, 0.717) is 70.2 Å². The van der Waals surface area contributed by atoms with Gasteiger partial charge >= 0.3 is 0 Å². The monoisotopic (exact) mass is 1430 g/mol. The molecular weight excluding hydrogens is 1380 g/mol. The summed E-state index contributed by atoms with van der Waals surface area (Å²) in [5.41, 5.74) is 32.4. The maximum atomic E-state index is 10.5. The summed E-state index contributed by atoms with van der Waals surface area (Å²) in [4.78, 5) is 50.0. The number of fused-ring (bicyclic) bond motifs is 3. The molecule has 82 heavy (non-hydrogen) atoms. The summed E-state index contributed by atoms with van der Waals surface area (Å²) in [6, 6.07) is 28.5. The quantitative estimate of drug-likeness (QED) is 0.0255. The van der Waals surface area contributed by atoms with Crippen LogP contribution in [0.2, 0.25) is 0 Å². The lowest BCUT2D eigenvalue weighted by atomic mass is 10.2. The lowest BCUT2D eigenvalue weighted by molar-refractivity contribution is -0.130. The number of nitrogens with one attached hydrogen (secondary N) is 1. The van der Waals surface area contributed by atoms with E-state index in [4.69, 9.17) is 49.2 Å². The third-order valence-electron chi connectivity index (χ3n) is 10.6. The Morgan fingerprint density at radius 1 is 0.634 bits per heavy atom. The number of hydrogen-bond acceptors (Lipinski definition) is 17. The summed E-state index contributed by atoms with van der Waals surface area (Å²) >= 11 is 5.90. The molecule has 21 nitrogen and oxygen atoms in total. The number of terminal acetylenes is 1. The van der Waals surface area contributed by atoms with Crippen molar-refractivity contribution in [3.63, 3.8) is 0 Å². The molecule has 9 aromatic rings. The zero-order valence-corrected chi connectivity index (χ0v) is 52.1. The number of H-pyrrole nitrogens is 1.